The van der Waals surface area contributed by atoms with Crippen LogP contribution in [0, 0.1) is 20.8 Å². The van der Waals surface area contributed by atoms with Gasteiger partial charge in [0.2, 0.25) is 0 Å². The summed E-state index contributed by atoms with van der Waals surface area (Å²) in [6.45, 7) is 7.07. The Kier molecular flexibility index (Phi) is 4.70. The minimum Gasteiger partial charge on any atom is -0.346 e. The number of carbonyl (C=O) groups excluding carboxylic acids is 1. The Balaban J connectivity index is 1.67. The molecule has 0 atom stereocenters. The van der Waals surface area contributed by atoms with Crippen LogP contribution in [-0.2, 0) is 20.1 Å². The fraction of sp³-hybridized carbons (Fsp3) is 0.316. The zero-order chi connectivity index (χ0) is 18.0. The van der Waals surface area contributed by atoms with Gasteiger partial charge in [-0.3, -0.25) is 14.2 Å². The first-order chi connectivity index (χ1) is 11.9. The van der Waals surface area contributed by atoms with Gasteiger partial charge in [-0.15, -0.1) is 0 Å². The molecule has 0 saturated carbocycles. The molecule has 0 radical (unpaired) electrons. The van der Waals surface area contributed by atoms with E-state index in [2.05, 4.69) is 15.5 Å². The number of aryl methyl sites for hydroxylation is 4. The van der Waals surface area contributed by atoms with Gasteiger partial charge in [0.25, 0.3) is 5.91 Å². The van der Waals surface area contributed by atoms with Crippen LogP contribution in [0.4, 0.5) is 0 Å². The zero-order valence-electron chi connectivity index (χ0n) is 15.1. The molecule has 0 saturated heterocycles. The molecular formula is C19H23N5O. The molecule has 1 aromatic carbocycles. The van der Waals surface area contributed by atoms with E-state index in [1.165, 1.54) is 0 Å². The lowest BCUT2D eigenvalue weighted by atomic mass is 10.1. The fourth-order valence-corrected chi connectivity index (χ4v) is 2.81. The van der Waals surface area contributed by atoms with E-state index in [4.69, 9.17) is 0 Å². The van der Waals surface area contributed by atoms with E-state index in [0.717, 1.165) is 28.3 Å². The van der Waals surface area contributed by atoms with E-state index in [1.54, 1.807) is 4.68 Å². The number of rotatable bonds is 5. The maximum atomic E-state index is 12.4. The van der Waals surface area contributed by atoms with Gasteiger partial charge in [0.1, 0.15) is 0 Å². The van der Waals surface area contributed by atoms with Crippen molar-refractivity contribution < 1.29 is 4.79 Å². The van der Waals surface area contributed by atoms with E-state index in [0.29, 0.717) is 18.7 Å². The molecule has 1 amide bonds. The lowest BCUT2D eigenvalue weighted by Crippen LogP contribution is -2.23. The minimum absolute atomic E-state index is 0.0986. The van der Waals surface area contributed by atoms with Crippen LogP contribution in [0.3, 0.4) is 0 Å². The highest BCUT2D eigenvalue weighted by Gasteiger charge is 2.09. The summed E-state index contributed by atoms with van der Waals surface area (Å²) >= 11 is 0. The van der Waals surface area contributed by atoms with Gasteiger partial charge in [0.15, 0.2) is 0 Å². The second kappa shape index (κ2) is 6.93. The maximum absolute atomic E-state index is 12.4. The Morgan fingerprint density at radius 3 is 2.52 bits per heavy atom. The summed E-state index contributed by atoms with van der Waals surface area (Å²) in [7, 11) is 1.89. The summed E-state index contributed by atoms with van der Waals surface area (Å²) in [5.74, 6) is -0.0986. The van der Waals surface area contributed by atoms with E-state index in [1.807, 2.05) is 68.9 Å². The molecule has 0 bridgehead atoms. The number of hydrogen-bond donors (Lipinski definition) is 1. The summed E-state index contributed by atoms with van der Waals surface area (Å²) in [6, 6.07) is 11.7. The van der Waals surface area contributed by atoms with Gasteiger partial charge in [-0.2, -0.15) is 10.2 Å². The van der Waals surface area contributed by atoms with Gasteiger partial charge in [-0.1, -0.05) is 12.1 Å². The first kappa shape index (κ1) is 17.0. The number of benzene rings is 1. The number of nitrogens with zero attached hydrogens (tertiary/aromatic N) is 4. The van der Waals surface area contributed by atoms with Crippen LogP contribution >= 0.6 is 0 Å². The Hall–Kier alpha value is -2.89. The first-order valence-electron chi connectivity index (χ1n) is 8.30. The van der Waals surface area contributed by atoms with Crippen molar-refractivity contribution in [3.05, 3.63) is 70.3 Å². The Bertz CT molecular complexity index is 887. The average Bonchev–Trinajstić information content (AvgIpc) is 3.06. The van der Waals surface area contributed by atoms with E-state index in [9.17, 15) is 4.79 Å². The van der Waals surface area contributed by atoms with Crippen LogP contribution < -0.4 is 5.32 Å². The zero-order valence-corrected chi connectivity index (χ0v) is 15.1. The SMILES string of the molecule is Cc1cc(C)n(Cc2cccc(C(=O)NCc3cc(C)n(C)n3)c2)n1. The molecule has 3 aromatic rings. The van der Waals surface area contributed by atoms with Crippen LogP contribution in [-0.4, -0.2) is 25.5 Å². The molecule has 0 spiro atoms. The third-order valence-corrected chi connectivity index (χ3v) is 4.22. The molecule has 0 aliphatic carbocycles. The lowest BCUT2D eigenvalue weighted by Gasteiger charge is -2.08. The van der Waals surface area contributed by atoms with Crippen LogP contribution in [0.1, 0.15) is 38.7 Å². The predicted octanol–water partition coefficient (Wildman–Crippen LogP) is 2.52. The topological polar surface area (TPSA) is 64.7 Å². The van der Waals surface area contributed by atoms with Crippen LogP contribution in [0.2, 0.25) is 0 Å². The van der Waals surface area contributed by atoms with Crippen LogP contribution in [0.15, 0.2) is 36.4 Å². The average molecular weight is 337 g/mol. The number of hydrogen-bond acceptors (Lipinski definition) is 3. The highest BCUT2D eigenvalue weighted by molar-refractivity contribution is 5.94. The van der Waals surface area contributed by atoms with Crippen molar-refractivity contribution in [3.8, 4) is 0 Å². The third-order valence-electron chi connectivity index (χ3n) is 4.22. The standard InChI is InChI=1S/C19H23N5O/c1-13-8-15(3)24(21-13)12-16-6-5-7-17(10-16)19(25)20-11-18-9-14(2)23(4)22-18/h5-10H,11-12H2,1-4H3,(H,20,25). The van der Waals surface area contributed by atoms with Crippen molar-refractivity contribution in [2.24, 2.45) is 7.05 Å². The lowest BCUT2D eigenvalue weighted by molar-refractivity contribution is 0.0950. The van der Waals surface area contributed by atoms with Crippen LogP contribution in [0.25, 0.3) is 0 Å². The third kappa shape index (κ3) is 3.96. The number of amides is 1. The van der Waals surface area contributed by atoms with Gasteiger partial charge < -0.3 is 5.32 Å². The van der Waals surface area contributed by atoms with Gasteiger partial charge in [0.05, 0.1) is 24.5 Å². The maximum Gasteiger partial charge on any atom is 0.251 e. The molecule has 130 valence electrons. The normalized spacial score (nSPS) is 10.9. The van der Waals surface area contributed by atoms with Crippen LogP contribution in [0.5, 0.6) is 0 Å². The quantitative estimate of drug-likeness (QED) is 0.778. The molecule has 2 aromatic heterocycles. The molecule has 0 aliphatic rings. The molecule has 1 N–H and O–H groups in total. The van der Waals surface area contributed by atoms with E-state index < -0.39 is 0 Å². The molecule has 25 heavy (non-hydrogen) atoms. The molecule has 6 nitrogen and oxygen atoms in total. The van der Waals surface area contributed by atoms with Crippen molar-refractivity contribution in [3.63, 3.8) is 0 Å². The van der Waals surface area contributed by atoms with E-state index >= 15 is 0 Å². The fourth-order valence-electron chi connectivity index (χ4n) is 2.81. The second-order valence-corrected chi connectivity index (χ2v) is 6.37. The molecule has 3 rings (SSSR count). The second-order valence-electron chi connectivity index (χ2n) is 6.37. The first-order valence-corrected chi connectivity index (χ1v) is 8.30. The van der Waals surface area contributed by atoms with Gasteiger partial charge in [-0.05, 0) is 50.6 Å². The van der Waals surface area contributed by atoms with Crippen molar-refractivity contribution in [2.45, 2.75) is 33.9 Å². The highest BCUT2D eigenvalue weighted by atomic mass is 16.1. The van der Waals surface area contributed by atoms with Crippen molar-refractivity contribution >= 4 is 5.91 Å². The molecule has 0 fully saturated rings. The van der Waals surface area contributed by atoms with Gasteiger partial charge in [0, 0.05) is 24.0 Å². The summed E-state index contributed by atoms with van der Waals surface area (Å²) in [6.07, 6.45) is 0. The smallest absolute Gasteiger partial charge is 0.251 e. The Morgan fingerprint density at radius 2 is 1.88 bits per heavy atom. The van der Waals surface area contributed by atoms with E-state index in [-0.39, 0.29) is 5.91 Å². The Morgan fingerprint density at radius 1 is 1.08 bits per heavy atom. The minimum atomic E-state index is -0.0986. The monoisotopic (exact) mass is 337 g/mol. The van der Waals surface area contributed by atoms with Gasteiger partial charge in [-0.25, -0.2) is 0 Å². The number of aromatic nitrogens is 4. The molecule has 0 unspecified atom stereocenters. The molecule has 6 heteroatoms. The Labute approximate surface area is 147 Å². The summed E-state index contributed by atoms with van der Waals surface area (Å²) in [5.41, 5.74) is 5.72. The highest BCUT2D eigenvalue weighted by Crippen LogP contribution is 2.10. The largest absolute Gasteiger partial charge is 0.346 e. The predicted molar refractivity (Wildman–Crippen MR) is 96.4 cm³/mol. The van der Waals surface area contributed by atoms with Crippen molar-refractivity contribution in [1.82, 2.24) is 24.9 Å². The molecular weight excluding hydrogens is 314 g/mol. The summed E-state index contributed by atoms with van der Waals surface area (Å²) in [4.78, 5) is 12.4. The van der Waals surface area contributed by atoms with Crippen molar-refractivity contribution in [1.29, 1.82) is 0 Å². The summed E-state index contributed by atoms with van der Waals surface area (Å²) in [5, 5.41) is 11.7. The molecule has 0 aliphatic heterocycles. The van der Waals surface area contributed by atoms with Gasteiger partial charge >= 0.3 is 0 Å². The number of carbonyl (C=O) groups is 1. The number of nitrogens with one attached hydrogen (secondary N) is 1. The molecule has 2 heterocycles. The summed E-state index contributed by atoms with van der Waals surface area (Å²) < 4.78 is 3.75. The van der Waals surface area contributed by atoms with Crippen molar-refractivity contribution in [2.75, 3.05) is 0 Å².